The van der Waals surface area contributed by atoms with E-state index in [9.17, 15) is 4.21 Å². The Hall–Kier alpha value is -0.340. The standard InChI is InChI=1S/C14H17ClOS/c1-9-2-6-12(7-3-9)17(16)14-11-5-4-10(8-11)13(14)15/h2-3,6-7,10-11,13-14H,4-5,8H2,1H3/t10-,11+,13-,14-,17+/m0/s1. The van der Waals surface area contributed by atoms with Gasteiger partial charge in [0.2, 0.25) is 0 Å². The summed E-state index contributed by atoms with van der Waals surface area (Å²) in [4.78, 5) is 0.943. The first-order valence-corrected chi connectivity index (χ1v) is 7.93. The average molecular weight is 269 g/mol. The van der Waals surface area contributed by atoms with Crippen LogP contribution in [0.25, 0.3) is 0 Å². The Bertz CT molecular complexity index is 440. The second kappa shape index (κ2) is 4.40. The third-order valence-corrected chi connectivity index (χ3v) is 6.93. The molecule has 2 fully saturated rings. The second-order valence-electron chi connectivity index (χ2n) is 5.35. The van der Waals surface area contributed by atoms with Gasteiger partial charge in [-0.15, -0.1) is 11.6 Å². The largest absolute Gasteiger partial charge is 0.254 e. The maximum absolute atomic E-state index is 12.6. The van der Waals surface area contributed by atoms with E-state index in [0.29, 0.717) is 11.8 Å². The molecule has 0 heterocycles. The number of rotatable bonds is 2. The number of benzene rings is 1. The molecule has 3 heteroatoms. The van der Waals surface area contributed by atoms with Crippen LogP contribution < -0.4 is 0 Å². The van der Waals surface area contributed by atoms with Crippen molar-refractivity contribution in [1.82, 2.24) is 0 Å². The van der Waals surface area contributed by atoms with Gasteiger partial charge in [0.1, 0.15) is 0 Å². The first-order chi connectivity index (χ1) is 8.16. The van der Waals surface area contributed by atoms with E-state index >= 15 is 0 Å². The molecule has 0 aromatic heterocycles. The van der Waals surface area contributed by atoms with E-state index in [2.05, 4.69) is 6.92 Å². The van der Waals surface area contributed by atoms with Gasteiger partial charge in [0.05, 0.1) is 21.4 Å². The smallest absolute Gasteiger partial charge is 0.0589 e. The summed E-state index contributed by atoms with van der Waals surface area (Å²) in [6, 6.07) is 8.04. The van der Waals surface area contributed by atoms with Crippen LogP contribution in [-0.4, -0.2) is 14.8 Å². The second-order valence-corrected chi connectivity index (χ2v) is 7.47. The Kier molecular flexibility index (Phi) is 3.04. The van der Waals surface area contributed by atoms with Crippen molar-refractivity contribution in [1.29, 1.82) is 0 Å². The van der Waals surface area contributed by atoms with Gasteiger partial charge in [-0.05, 0) is 50.2 Å². The fraction of sp³-hybridized carbons (Fsp3) is 0.571. The average Bonchev–Trinajstić information content (AvgIpc) is 2.89. The van der Waals surface area contributed by atoms with Gasteiger partial charge < -0.3 is 0 Å². The molecule has 0 radical (unpaired) electrons. The van der Waals surface area contributed by atoms with Gasteiger partial charge in [-0.3, -0.25) is 4.21 Å². The minimum absolute atomic E-state index is 0.121. The molecule has 2 aliphatic rings. The lowest BCUT2D eigenvalue weighted by atomic mass is 10.00. The monoisotopic (exact) mass is 268 g/mol. The zero-order valence-corrected chi connectivity index (χ0v) is 11.5. The topological polar surface area (TPSA) is 17.1 Å². The Morgan fingerprint density at radius 3 is 2.41 bits per heavy atom. The molecule has 0 amide bonds. The third kappa shape index (κ3) is 1.96. The Morgan fingerprint density at radius 2 is 1.82 bits per heavy atom. The fourth-order valence-electron chi connectivity index (χ4n) is 3.29. The zero-order valence-electron chi connectivity index (χ0n) is 9.93. The highest BCUT2D eigenvalue weighted by atomic mass is 35.5. The highest BCUT2D eigenvalue weighted by molar-refractivity contribution is 7.85. The number of halogens is 1. The molecule has 1 aromatic rings. The number of alkyl halides is 1. The van der Waals surface area contributed by atoms with Gasteiger partial charge in [-0.1, -0.05) is 17.7 Å². The highest BCUT2D eigenvalue weighted by Gasteiger charge is 2.49. The quantitative estimate of drug-likeness (QED) is 0.751. The molecule has 0 N–H and O–H groups in total. The van der Waals surface area contributed by atoms with E-state index in [0.717, 1.165) is 4.90 Å². The van der Waals surface area contributed by atoms with E-state index in [4.69, 9.17) is 11.6 Å². The minimum atomic E-state index is -0.929. The molecule has 2 bridgehead atoms. The maximum Gasteiger partial charge on any atom is 0.0589 e. The van der Waals surface area contributed by atoms with Crippen LogP contribution in [0, 0.1) is 18.8 Å². The summed E-state index contributed by atoms with van der Waals surface area (Å²) in [5, 5.41) is 0.300. The number of aryl methyl sites for hydroxylation is 1. The minimum Gasteiger partial charge on any atom is -0.254 e. The number of hydrogen-bond acceptors (Lipinski definition) is 1. The zero-order chi connectivity index (χ0) is 12.0. The maximum atomic E-state index is 12.6. The molecule has 0 unspecified atom stereocenters. The predicted molar refractivity (Wildman–Crippen MR) is 71.8 cm³/mol. The molecular weight excluding hydrogens is 252 g/mol. The predicted octanol–water partition coefficient (Wildman–Crippen LogP) is 3.51. The van der Waals surface area contributed by atoms with Gasteiger partial charge in [0, 0.05) is 4.90 Å². The van der Waals surface area contributed by atoms with Crippen molar-refractivity contribution in [3.8, 4) is 0 Å². The van der Waals surface area contributed by atoms with E-state index in [1.165, 1.54) is 24.8 Å². The highest BCUT2D eigenvalue weighted by Crippen LogP contribution is 2.50. The molecule has 1 nitrogen and oxygen atoms in total. The van der Waals surface area contributed by atoms with Crippen LogP contribution in [0.4, 0.5) is 0 Å². The Morgan fingerprint density at radius 1 is 1.18 bits per heavy atom. The van der Waals surface area contributed by atoms with Gasteiger partial charge in [-0.2, -0.15) is 0 Å². The molecule has 92 valence electrons. The molecule has 2 aliphatic carbocycles. The lowest BCUT2D eigenvalue weighted by molar-refractivity contribution is 0.488. The van der Waals surface area contributed by atoms with Gasteiger partial charge in [0.15, 0.2) is 0 Å². The van der Waals surface area contributed by atoms with E-state index in [-0.39, 0.29) is 10.6 Å². The third-order valence-electron chi connectivity index (χ3n) is 4.24. The van der Waals surface area contributed by atoms with Crippen LogP contribution in [0.2, 0.25) is 0 Å². The van der Waals surface area contributed by atoms with Crippen LogP contribution in [0.15, 0.2) is 29.2 Å². The van der Waals surface area contributed by atoms with Crippen molar-refractivity contribution in [3.63, 3.8) is 0 Å². The van der Waals surface area contributed by atoms with Crippen LogP contribution >= 0.6 is 11.6 Å². The molecule has 3 rings (SSSR count). The van der Waals surface area contributed by atoms with Crippen molar-refractivity contribution in [3.05, 3.63) is 29.8 Å². The molecule has 0 saturated heterocycles. The molecule has 0 aliphatic heterocycles. The molecule has 5 atom stereocenters. The van der Waals surface area contributed by atoms with Gasteiger partial charge in [-0.25, -0.2) is 0 Å². The summed E-state index contributed by atoms with van der Waals surface area (Å²) < 4.78 is 12.6. The Balaban J connectivity index is 1.85. The number of hydrogen-bond donors (Lipinski definition) is 0. The molecular formula is C14H17ClOS. The summed E-state index contributed by atoms with van der Waals surface area (Å²) in [7, 11) is -0.929. The number of fused-ring (bicyclic) bond motifs is 2. The van der Waals surface area contributed by atoms with Crippen molar-refractivity contribution in [2.24, 2.45) is 11.8 Å². The van der Waals surface area contributed by atoms with E-state index in [1.807, 2.05) is 24.3 Å². The lowest BCUT2D eigenvalue weighted by Gasteiger charge is -2.25. The summed E-state index contributed by atoms with van der Waals surface area (Å²) in [6.07, 6.45) is 3.65. The van der Waals surface area contributed by atoms with Crippen molar-refractivity contribution in [2.75, 3.05) is 0 Å². The normalized spacial score (nSPS) is 37.3. The van der Waals surface area contributed by atoms with E-state index < -0.39 is 10.8 Å². The summed E-state index contributed by atoms with van der Waals surface area (Å²) in [5.74, 6) is 1.20. The molecule has 1 aromatic carbocycles. The molecule has 2 saturated carbocycles. The van der Waals surface area contributed by atoms with Gasteiger partial charge >= 0.3 is 0 Å². The first-order valence-electron chi connectivity index (χ1n) is 6.28. The first kappa shape index (κ1) is 11.7. The SMILES string of the molecule is Cc1ccc([S@@](=O)[C@H]2[C@@H]3CC[C@@H](C3)[C@@H]2Cl)cc1. The lowest BCUT2D eigenvalue weighted by Crippen LogP contribution is -2.32. The fourth-order valence-corrected chi connectivity index (χ4v) is 5.78. The molecule has 0 spiro atoms. The summed E-state index contributed by atoms with van der Waals surface area (Å²) >= 11 is 6.46. The van der Waals surface area contributed by atoms with Gasteiger partial charge in [0.25, 0.3) is 0 Å². The summed E-state index contributed by atoms with van der Waals surface area (Å²) in [5.41, 5.74) is 1.21. The van der Waals surface area contributed by atoms with Crippen molar-refractivity contribution in [2.45, 2.75) is 41.7 Å². The summed E-state index contributed by atoms with van der Waals surface area (Å²) in [6.45, 7) is 2.05. The van der Waals surface area contributed by atoms with Crippen molar-refractivity contribution < 1.29 is 4.21 Å². The molecule has 17 heavy (non-hydrogen) atoms. The van der Waals surface area contributed by atoms with E-state index in [1.54, 1.807) is 0 Å². The Labute approximate surface area is 110 Å². The van der Waals surface area contributed by atoms with Crippen LogP contribution in [0.5, 0.6) is 0 Å². The van der Waals surface area contributed by atoms with Crippen LogP contribution in [0.1, 0.15) is 24.8 Å². The van der Waals surface area contributed by atoms with Crippen LogP contribution in [0.3, 0.4) is 0 Å². The van der Waals surface area contributed by atoms with Crippen LogP contribution in [-0.2, 0) is 10.8 Å². The van der Waals surface area contributed by atoms with Crippen molar-refractivity contribution >= 4 is 22.4 Å².